The number of fused-ring (bicyclic) bond motifs is 6. The van der Waals surface area contributed by atoms with Crippen LogP contribution < -0.4 is 31.5 Å². The van der Waals surface area contributed by atoms with Crippen LogP contribution in [0.3, 0.4) is 0 Å². The first-order valence-electron chi connectivity index (χ1n) is 25.7. The van der Waals surface area contributed by atoms with Gasteiger partial charge in [0, 0.05) is 44.9 Å². The lowest BCUT2D eigenvalue weighted by atomic mass is 9.35. The highest BCUT2D eigenvalue weighted by atomic mass is 28.3. The highest BCUT2D eigenvalue weighted by Crippen LogP contribution is 2.51. The fraction of sp³-hybridized carbons (Fsp3) is 0.242. The summed E-state index contributed by atoms with van der Waals surface area (Å²) in [4.78, 5) is 5.29. The molecule has 1 aromatic heterocycles. The number of anilines is 6. The van der Waals surface area contributed by atoms with E-state index in [0.29, 0.717) is 0 Å². The third-order valence-electron chi connectivity index (χ3n) is 15.2. The summed E-state index contributed by atoms with van der Waals surface area (Å²) in [6.07, 6.45) is 0. The second-order valence-electron chi connectivity index (χ2n) is 24.4. The van der Waals surface area contributed by atoms with E-state index in [9.17, 15) is 0 Å². The maximum atomic E-state index is 2.68. The summed E-state index contributed by atoms with van der Waals surface area (Å²) in [7, 11) is -1.77. The number of nitrogens with zero attached hydrogens (tertiary/aromatic N) is 3. The van der Waals surface area contributed by atoms with Gasteiger partial charge in [-0.15, -0.1) is 0 Å². The Morgan fingerprint density at radius 2 is 0.986 bits per heavy atom. The van der Waals surface area contributed by atoms with Gasteiger partial charge >= 0.3 is 0 Å². The van der Waals surface area contributed by atoms with Crippen molar-refractivity contribution in [3.8, 4) is 27.9 Å². The molecular weight excluding hydrogens is 874 g/mol. The Hall–Kier alpha value is -6.82. The van der Waals surface area contributed by atoms with Gasteiger partial charge in [-0.25, -0.2) is 0 Å². The fourth-order valence-corrected chi connectivity index (χ4v) is 12.4. The molecule has 71 heavy (non-hydrogen) atoms. The number of para-hydroxylation sites is 1. The zero-order chi connectivity index (χ0) is 49.9. The molecule has 0 bridgehead atoms. The molecule has 8 aromatic carbocycles. The van der Waals surface area contributed by atoms with Gasteiger partial charge in [-0.1, -0.05) is 208 Å². The predicted octanol–water partition coefficient (Wildman–Crippen LogP) is 15.8. The molecule has 0 N–H and O–H groups in total. The van der Waals surface area contributed by atoms with Gasteiger partial charge < -0.3 is 14.4 Å². The van der Waals surface area contributed by atoms with E-state index in [4.69, 9.17) is 0 Å². The zero-order valence-electron chi connectivity index (χ0n) is 44.2. The van der Waals surface area contributed by atoms with Crippen molar-refractivity contribution < 1.29 is 0 Å². The number of benzene rings is 8. The Balaban J connectivity index is 1.34. The van der Waals surface area contributed by atoms with Gasteiger partial charge in [-0.3, -0.25) is 0 Å². The molecule has 11 rings (SSSR count). The molecule has 2 aliphatic heterocycles. The zero-order valence-corrected chi connectivity index (χ0v) is 45.2. The average molecular weight is 942 g/mol. The summed E-state index contributed by atoms with van der Waals surface area (Å²) in [5.74, 6) is 0. The van der Waals surface area contributed by atoms with Gasteiger partial charge in [0.2, 0.25) is 0 Å². The van der Waals surface area contributed by atoms with Gasteiger partial charge in [0.05, 0.1) is 30.7 Å². The quantitative estimate of drug-likeness (QED) is 0.154. The first-order valence-corrected chi connectivity index (χ1v) is 29.2. The highest BCUT2D eigenvalue weighted by Gasteiger charge is 2.48. The first kappa shape index (κ1) is 46.6. The van der Waals surface area contributed by atoms with Crippen molar-refractivity contribution in [2.75, 3.05) is 9.80 Å². The van der Waals surface area contributed by atoms with E-state index in [1.165, 1.54) is 117 Å². The molecule has 0 saturated heterocycles. The largest absolute Gasteiger partial charge is 0.319 e. The molecule has 0 atom stereocenters. The third-order valence-corrected chi connectivity index (χ3v) is 17.3. The molecule has 3 nitrogen and oxygen atoms in total. The van der Waals surface area contributed by atoms with Crippen LogP contribution in [0.15, 0.2) is 176 Å². The fourth-order valence-electron chi connectivity index (χ4n) is 11.3. The molecule has 0 fully saturated rings. The van der Waals surface area contributed by atoms with Crippen LogP contribution in [-0.4, -0.2) is 19.4 Å². The number of aromatic nitrogens is 1. The van der Waals surface area contributed by atoms with Crippen molar-refractivity contribution in [3.05, 3.63) is 198 Å². The Morgan fingerprint density at radius 3 is 1.61 bits per heavy atom. The maximum absolute atomic E-state index is 2.68. The average Bonchev–Trinajstić information content (AvgIpc) is 3.67. The number of hydrogen-bond donors (Lipinski definition) is 0. The standard InChI is InChI=1S/C66H68BN3Si/c1-43-38-59-61-60(39-43)69(56-37-31-47(65(5,6)7)40-53(56)45-24-18-15-19-25-45)62-52-35-30-48(66(8,9)10)41-57(52)70(55-27-21-20-26-51(55)44-22-16-14-17-23-44)63(62)67(61)54-36-34-50(71(11,12)13)42-58(54)68(59)49-32-28-46(29-33-49)64(2,3)4/h14-42H,1-13H3. The SMILES string of the molecule is Cc1cc2c3c(c1)N(c1ccc(C(C)(C)C)cc1-c1ccccc1)c1c(n(-c4ccccc4-c4ccccc4)c4cc(C(C)(C)C)ccc14)B3c1ccc([Si](C)(C)C)cc1N2c1ccc(C(C)(C)C)cc1. The van der Waals surface area contributed by atoms with Crippen LogP contribution in [0.1, 0.15) is 84.6 Å². The molecular formula is C66H68BN3Si. The van der Waals surface area contributed by atoms with E-state index in [2.05, 4.69) is 279 Å². The molecule has 0 saturated carbocycles. The van der Waals surface area contributed by atoms with E-state index in [1.54, 1.807) is 0 Å². The molecule has 0 spiro atoms. The number of rotatable bonds is 6. The lowest BCUT2D eigenvalue weighted by molar-refractivity contribution is 0.590. The van der Waals surface area contributed by atoms with Crippen LogP contribution in [0, 0.1) is 6.92 Å². The van der Waals surface area contributed by atoms with Gasteiger partial charge in [0.25, 0.3) is 6.71 Å². The molecule has 3 heterocycles. The molecule has 2 aliphatic rings. The molecule has 5 heteroatoms. The number of aryl methyl sites for hydroxylation is 1. The van der Waals surface area contributed by atoms with E-state index in [0.717, 1.165) is 0 Å². The molecule has 0 aliphatic carbocycles. The summed E-state index contributed by atoms with van der Waals surface area (Å²) in [5, 5.41) is 2.70. The van der Waals surface area contributed by atoms with E-state index in [1.807, 2.05) is 0 Å². The summed E-state index contributed by atoms with van der Waals surface area (Å²) in [6, 6.07) is 67.7. The van der Waals surface area contributed by atoms with Crippen molar-refractivity contribution in [1.29, 1.82) is 0 Å². The van der Waals surface area contributed by atoms with Crippen LogP contribution in [0.5, 0.6) is 0 Å². The summed E-state index contributed by atoms with van der Waals surface area (Å²) >= 11 is 0. The van der Waals surface area contributed by atoms with Crippen LogP contribution in [-0.2, 0) is 16.2 Å². The molecule has 0 amide bonds. The van der Waals surface area contributed by atoms with Gasteiger partial charge in [0.15, 0.2) is 0 Å². The predicted molar refractivity (Wildman–Crippen MR) is 312 cm³/mol. The third kappa shape index (κ3) is 7.89. The van der Waals surface area contributed by atoms with Crippen LogP contribution in [0.2, 0.25) is 19.6 Å². The molecule has 0 unspecified atom stereocenters. The van der Waals surface area contributed by atoms with Gasteiger partial charge in [-0.2, -0.15) is 0 Å². The number of hydrogen-bond acceptors (Lipinski definition) is 2. The van der Waals surface area contributed by atoms with Crippen LogP contribution in [0.25, 0.3) is 38.8 Å². The Kier molecular flexibility index (Phi) is 10.9. The van der Waals surface area contributed by atoms with Crippen LogP contribution >= 0.6 is 0 Å². The van der Waals surface area contributed by atoms with Gasteiger partial charge in [-0.05, 0) is 122 Å². The summed E-state index contributed by atoms with van der Waals surface area (Å²) in [5.41, 5.74) is 23.6. The summed E-state index contributed by atoms with van der Waals surface area (Å²) in [6.45, 7) is 30.6. The Morgan fingerprint density at radius 1 is 0.437 bits per heavy atom. The van der Waals surface area contributed by atoms with Crippen molar-refractivity contribution >= 4 is 81.5 Å². The molecule has 9 aromatic rings. The van der Waals surface area contributed by atoms with Crippen molar-refractivity contribution in [1.82, 2.24) is 4.57 Å². The smallest absolute Gasteiger partial charge is 0.273 e. The summed E-state index contributed by atoms with van der Waals surface area (Å²) < 4.78 is 2.68. The monoisotopic (exact) mass is 942 g/mol. The Bertz CT molecular complexity index is 3520. The minimum atomic E-state index is -1.77. The second-order valence-corrected chi connectivity index (χ2v) is 29.5. The highest BCUT2D eigenvalue weighted by molar-refractivity contribution is 7.00. The minimum absolute atomic E-state index is 0.0309. The van der Waals surface area contributed by atoms with E-state index >= 15 is 0 Å². The van der Waals surface area contributed by atoms with Crippen molar-refractivity contribution in [3.63, 3.8) is 0 Å². The lowest BCUT2D eigenvalue weighted by Crippen LogP contribution is -2.63. The van der Waals surface area contributed by atoms with Crippen LogP contribution in [0.4, 0.5) is 34.1 Å². The lowest BCUT2D eigenvalue weighted by Gasteiger charge is -2.44. The molecule has 0 radical (unpaired) electrons. The van der Waals surface area contributed by atoms with Gasteiger partial charge in [0.1, 0.15) is 0 Å². The van der Waals surface area contributed by atoms with E-state index in [-0.39, 0.29) is 23.0 Å². The minimum Gasteiger partial charge on any atom is -0.319 e. The second kappa shape index (κ2) is 16.6. The normalized spacial score (nSPS) is 13.6. The van der Waals surface area contributed by atoms with E-state index < -0.39 is 8.07 Å². The Labute approximate surface area is 424 Å². The molecule has 354 valence electrons. The van der Waals surface area contributed by atoms with Crippen molar-refractivity contribution in [2.24, 2.45) is 0 Å². The topological polar surface area (TPSA) is 11.4 Å². The maximum Gasteiger partial charge on any atom is 0.273 e. The van der Waals surface area contributed by atoms with Crippen molar-refractivity contribution in [2.45, 2.75) is 105 Å². The first-order chi connectivity index (χ1) is 33.7.